The number of rotatable bonds is 5. The number of para-hydroxylation sites is 1. The zero-order chi connectivity index (χ0) is 20.4. The van der Waals surface area contributed by atoms with Crippen LogP contribution in [-0.2, 0) is 16.0 Å². The number of nitrogens with one attached hydrogen (secondary N) is 2. The fourth-order valence-electron chi connectivity index (χ4n) is 2.84. The van der Waals surface area contributed by atoms with E-state index in [0.29, 0.717) is 27.8 Å². The summed E-state index contributed by atoms with van der Waals surface area (Å²) in [6.07, 6.45) is 0.0334. The molecule has 0 radical (unpaired) electrons. The lowest BCUT2D eigenvalue weighted by molar-refractivity contribution is -0.116. The van der Waals surface area contributed by atoms with Gasteiger partial charge < -0.3 is 15.2 Å². The predicted molar refractivity (Wildman–Crippen MR) is 108 cm³/mol. The lowest BCUT2D eigenvalue weighted by Crippen LogP contribution is -2.14. The highest BCUT2D eigenvalue weighted by Gasteiger charge is 2.15. The van der Waals surface area contributed by atoms with Crippen molar-refractivity contribution in [3.63, 3.8) is 0 Å². The minimum absolute atomic E-state index is 0.0334. The molecule has 7 nitrogen and oxygen atoms in total. The van der Waals surface area contributed by atoms with E-state index in [1.807, 2.05) is 18.2 Å². The summed E-state index contributed by atoms with van der Waals surface area (Å²) in [6.45, 7) is 1.35. The summed E-state index contributed by atoms with van der Waals surface area (Å²) in [4.78, 5) is 27.7. The van der Waals surface area contributed by atoms with Gasteiger partial charge in [-0.05, 0) is 30.3 Å². The first kappa shape index (κ1) is 18.8. The Morgan fingerprint density at radius 3 is 2.79 bits per heavy atom. The monoisotopic (exact) mass is 410 g/mol. The topological polar surface area (TPSA) is 97.1 Å². The molecule has 2 amide bonds. The molecule has 0 atom stereocenters. The second-order valence-corrected chi connectivity index (χ2v) is 7.12. The summed E-state index contributed by atoms with van der Waals surface area (Å²) in [7, 11) is 0. The molecule has 2 N–H and O–H groups in total. The van der Waals surface area contributed by atoms with Gasteiger partial charge >= 0.3 is 0 Å². The van der Waals surface area contributed by atoms with Crippen molar-refractivity contribution in [1.29, 1.82) is 0 Å². The molecule has 2 heterocycles. The van der Waals surface area contributed by atoms with Gasteiger partial charge in [0, 0.05) is 28.9 Å². The van der Waals surface area contributed by atoms with Crippen LogP contribution in [0.4, 0.5) is 15.2 Å². The summed E-state index contributed by atoms with van der Waals surface area (Å²) in [5, 5.41) is 11.9. The summed E-state index contributed by atoms with van der Waals surface area (Å²) in [6, 6.07) is 11.6. The quantitative estimate of drug-likeness (QED) is 0.513. The highest BCUT2D eigenvalue weighted by molar-refractivity contribution is 7.14. The van der Waals surface area contributed by atoms with Crippen molar-refractivity contribution < 1.29 is 18.5 Å². The fourth-order valence-corrected chi connectivity index (χ4v) is 3.57. The number of nitrogens with zero attached hydrogens (tertiary/aromatic N) is 2. The first-order valence-electron chi connectivity index (χ1n) is 8.66. The van der Waals surface area contributed by atoms with E-state index in [0.717, 1.165) is 5.39 Å². The molecule has 0 bridgehead atoms. The average molecular weight is 410 g/mol. The standard InChI is InChI=1S/C20H15FN4O3S/c1-11(26)22-12-6-7-13(15(21)8-12)17-10-29-20(23-17)24-19(27)9-16-14-4-2-3-5-18(14)28-25-16/h2-8,10H,9H2,1H3,(H,22,26)(H,23,24,27). The molecule has 0 fully saturated rings. The normalized spacial score (nSPS) is 10.8. The lowest BCUT2D eigenvalue weighted by atomic mass is 10.1. The van der Waals surface area contributed by atoms with Crippen molar-refractivity contribution in [2.45, 2.75) is 13.3 Å². The Balaban J connectivity index is 1.46. The van der Waals surface area contributed by atoms with Crippen LogP contribution in [0.25, 0.3) is 22.2 Å². The molecule has 29 heavy (non-hydrogen) atoms. The molecule has 2 aromatic carbocycles. The third-order valence-electron chi connectivity index (χ3n) is 4.10. The van der Waals surface area contributed by atoms with Crippen LogP contribution in [0.2, 0.25) is 0 Å². The van der Waals surface area contributed by atoms with Crippen LogP contribution >= 0.6 is 11.3 Å². The number of aromatic nitrogens is 2. The van der Waals surface area contributed by atoms with E-state index in [2.05, 4.69) is 20.8 Å². The average Bonchev–Trinajstić information content (AvgIpc) is 3.29. The second kappa shape index (κ2) is 7.80. The van der Waals surface area contributed by atoms with Gasteiger partial charge in [0.25, 0.3) is 0 Å². The molecule has 0 aliphatic rings. The van der Waals surface area contributed by atoms with Gasteiger partial charge in [-0.25, -0.2) is 9.37 Å². The number of hydrogen-bond acceptors (Lipinski definition) is 6. The third kappa shape index (κ3) is 4.14. The highest BCUT2D eigenvalue weighted by Crippen LogP contribution is 2.29. The van der Waals surface area contributed by atoms with Crippen molar-refractivity contribution in [1.82, 2.24) is 10.1 Å². The first-order chi connectivity index (χ1) is 14.0. The van der Waals surface area contributed by atoms with E-state index in [1.54, 1.807) is 17.5 Å². The molecule has 4 rings (SSSR count). The van der Waals surface area contributed by atoms with Crippen LogP contribution < -0.4 is 10.6 Å². The van der Waals surface area contributed by atoms with E-state index in [1.165, 1.54) is 30.4 Å². The molecule has 9 heteroatoms. The number of thiazole rings is 1. The van der Waals surface area contributed by atoms with Crippen LogP contribution in [0.1, 0.15) is 12.6 Å². The molecule has 0 unspecified atom stereocenters. The molecule has 2 aromatic heterocycles. The Hall–Kier alpha value is -3.59. The van der Waals surface area contributed by atoms with E-state index in [4.69, 9.17) is 4.52 Å². The van der Waals surface area contributed by atoms with Gasteiger partial charge in [0.1, 0.15) is 11.5 Å². The summed E-state index contributed by atoms with van der Waals surface area (Å²) in [5.41, 5.74) is 2.18. The third-order valence-corrected chi connectivity index (χ3v) is 4.85. The maximum absolute atomic E-state index is 14.4. The van der Waals surface area contributed by atoms with Crippen molar-refractivity contribution >= 4 is 44.9 Å². The van der Waals surface area contributed by atoms with Crippen LogP contribution in [0.15, 0.2) is 52.4 Å². The van der Waals surface area contributed by atoms with Crippen molar-refractivity contribution in [2.24, 2.45) is 0 Å². The summed E-state index contributed by atoms with van der Waals surface area (Å²) >= 11 is 1.19. The maximum Gasteiger partial charge on any atom is 0.232 e. The molecular weight excluding hydrogens is 395 g/mol. The Morgan fingerprint density at radius 2 is 2.00 bits per heavy atom. The molecule has 0 aliphatic heterocycles. The molecule has 0 aliphatic carbocycles. The van der Waals surface area contributed by atoms with Crippen LogP contribution in [0.5, 0.6) is 0 Å². The smallest absolute Gasteiger partial charge is 0.232 e. The van der Waals surface area contributed by atoms with Gasteiger partial charge in [0.2, 0.25) is 11.8 Å². The minimum atomic E-state index is -0.520. The van der Waals surface area contributed by atoms with Crippen molar-refractivity contribution in [2.75, 3.05) is 10.6 Å². The minimum Gasteiger partial charge on any atom is -0.356 e. The Labute approximate surface area is 168 Å². The van der Waals surface area contributed by atoms with Crippen LogP contribution in [0.3, 0.4) is 0 Å². The number of amides is 2. The van der Waals surface area contributed by atoms with Gasteiger partial charge in [0.15, 0.2) is 10.7 Å². The van der Waals surface area contributed by atoms with E-state index in [-0.39, 0.29) is 23.8 Å². The van der Waals surface area contributed by atoms with Gasteiger partial charge in [0.05, 0.1) is 12.1 Å². The van der Waals surface area contributed by atoms with E-state index < -0.39 is 5.82 Å². The lowest BCUT2D eigenvalue weighted by Gasteiger charge is -2.05. The van der Waals surface area contributed by atoms with E-state index in [9.17, 15) is 14.0 Å². The van der Waals surface area contributed by atoms with Crippen LogP contribution in [-0.4, -0.2) is 22.0 Å². The molecule has 0 saturated carbocycles. The molecule has 4 aromatic rings. The largest absolute Gasteiger partial charge is 0.356 e. The first-order valence-corrected chi connectivity index (χ1v) is 9.54. The number of hydrogen-bond donors (Lipinski definition) is 2. The number of anilines is 2. The zero-order valence-corrected chi connectivity index (χ0v) is 16.0. The van der Waals surface area contributed by atoms with Gasteiger partial charge in [-0.2, -0.15) is 0 Å². The number of benzene rings is 2. The van der Waals surface area contributed by atoms with Crippen LogP contribution in [0, 0.1) is 5.82 Å². The SMILES string of the molecule is CC(=O)Nc1ccc(-c2csc(NC(=O)Cc3noc4ccccc34)n2)c(F)c1. The van der Waals surface area contributed by atoms with Gasteiger partial charge in [-0.15, -0.1) is 11.3 Å². The summed E-state index contributed by atoms with van der Waals surface area (Å²) < 4.78 is 19.6. The molecular formula is C20H15FN4O3S. The summed E-state index contributed by atoms with van der Waals surface area (Å²) in [5.74, 6) is -1.10. The number of carbonyl (C=O) groups excluding carboxylic acids is 2. The van der Waals surface area contributed by atoms with Crippen molar-refractivity contribution in [3.8, 4) is 11.3 Å². The Kier molecular flexibility index (Phi) is 5.05. The Bertz CT molecular complexity index is 1220. The van der Waals surface area contributed by atoms with Crippen molar-refractivity contribution in [3.05, 3.63) is 59.4 Å². The zero-order valence-electron chi connectivity index (χ0n) is 15.2. The molecule has 146 valence electrons. The highest BCUT2D eigenvalue weighted by atomic mass is 32.1. The maximum atomic E-state index is 14.4. The number of halogens is 1. The van der Waals surface area contributed by atoms with Gasteiger partial charge in [-0.3, -0.25) is 9.59 Å². The number of carbonyl (C=O) groups is 2. The fraction of sp³-hybridized carbons (Fsp3) is 0.100. The van der Waals surface area contributed by atoms with E-state index >= 15 is 0 Å². The number of fused-ring (bicyclic) bond motifs is 1. The van der Waals surface area contributed by atoms with Gasteiger partial charge in [-0.1, -0.05) is 17.3 Å². The molecule has 0 spiro atoms. The predicted octanol–water partition coefficient (Wildman–Crippen LogP) is 4.23. The molecule has 0 saturated heterocycles. The second-order valence-electron chi connectivity index (χ2n) is 6.26. The Morgan fingerprint density at radius 1 is 1.17 bits per heavy atom.